The first-order chi connectivity index (χ1) is 5.34. The van der Waals surface area contributed by atoms with Crippen LogP contribution in [0.15, 0.2) is 30.3 Å². The highest BCUT2D eigenvalue weighted by Crippen LogP contribution is 2.16. The maximum absolute atomic E-state index is 9.52. The molecule has 0 bridgehead atoms. The molecule has 0 aliphatic heterocycles. The van der Waals surface area contributed by atoms with E-state index in [-0.39, 0.29) is 18.5 Å². The molecule has 0 aliphatic rings. The van der Waals surface area contributed by atoms with E-state index in [1.54, 1.807) is 0 Å². The van der Waals surface area contributed by atoms with Crippen molar-refractivity contribution in [3.05, 3.63) is 35.9 Å². The fourth-order valence-electron chi connectivity index (χ4n) is 1.12. The van der Waals surface area contributed by atoms with Crippen LogP contribution in [0.5, 0.6) is 0 Å². The Hall–Kier alpha value is -0.530. The molecular formula is C10H15ClO. The molecule has 0 spiro atoms. The quantitative estimate of drug-likeness (QED) is 0.770. The number of aliphatic hydroxyl groups is 1. The van der Waals surface area contributed by atoms with Gasteiger partial charge in [-0.2, -0.15) is 0 Å². The van der Waals surface area contributed by atoms with Crippen molar-refractivity contribution in [3.63, 3.8) is 0 Å². The van der Waals surface area contributed by atoms with E-state index in [1.807, 2.05) is 30.3 Å². The fraction of sp³-hybridized carbons (Fsp3) is 0.400. The monoisotopic (exact) mass is 186 g/mol. The number of rotatable bonds is 3. The summed E-state index contributed by atoms with van der Waals surface area (Å²) in [5.74, 6) is 0. The topological polar surface area (TPSA) is 20.2 Å². The first kappa shape index (κ1) is 11.5. The first-order valence-corrected chi connectivity index (χ1v) is 4.07. The number of benzene rings is 1. The van der Waals surface area contributed by atoms with Gasteiger partial charge >= 0.3 is 0 Å². The second-order valence-corrected chi connectivity index (χ2v) is 2.72. The Morgan fingerprint density at radius 3 is 2.33 bits per heavy atom. The predicted octanol–water partition coefficient (Wildman–Crippen LogP) is 2.94. The number of hydrogen-bond donors (Lipinski definition) is 1. The molecule has 1 atom stereocenters. The van der Waals surface area contributed by atoms with Crippen LogP contribution in [0.1, 0.15) is 31.4 Å². The molecule has 0 aliphatic carbocycles. The molecule has 0 heterocycles. The first-order valence-electron chi connectivity index (χ1n) is 4.07. The minimum atomic E-state index is -0.277. The molecule has 1 N–H and O–H groups in total. The minimum Gasteiger partial charge on any atom is -0.388 e. The molecule has 1 unspecified atom stereocenters. The van der Waals surface area contributed by atoms with Crippen molar-refractivity contribution >= 4 is 12.4 Å². The predicted molar refractivity (Wildman–Crippen MR) is 53.6 cm³/mol. The van der Waals surface area contributed by atoms with Gasteiger partial charge in [-0.05, 0) is 12.0 Å². The second kappa shape index (κ2) is 6.04. The van der Waals surface area contributed by atoms with Crippen LogP contribution in [0.3, 0.4) is 0 Å². The summed E-state index contributed by atoms with van der Waals surface area (Å²) in [4.78, 5) is 0. The molecule has 1 rings (SSSR count). The smallest absolute Gasteiger partial charge is 0.0790 e. The summed E-state index contributed by atoms with van der Waals surface area (Å²) >= 11 is 0. The van der Waals surface area contributed by atoms with E-state index in [9.17, 15) is 5.11 Å². The highest BCUT2D eigenvalue weighted by Gasteiger charge is 2.03. The summed E-state index contributed by atoms with van der Waals surface area (Å²) in [6, 6.07) is 9.78. The van der Waals surface area contributed by atoms with Crippen molar-refractivity contribution in [1.29, 1.82) is 0 Å². The summed E-state index contributed by atoms with van der Waals surface area (Å²) in [7, 11) is 0. The normalized spacial score (nSPS) is 11.8. The highest BCUT2D eigenvalue weighted by atomic mass is 35.5. The fourth-order valence-corrected chi connectivity index (χ4v) is 1.12. The molecule has 1 nitrogen and oxygen atoms in total. The van der Waals surface area contributed by atoms with Crippen LogP contribution in [0, 0.1) is 0 Å². The largest absolute Gasteiger partial charge is 0.388 e. The van der Waals surface area contributed by atoms with Gasteiger partial charge in [-0.15, -0.1) is 12.4 Å². The van der Waals surface area contributed by atoms with Crippen LogP contribution in [0.25, 0.3) is 0 Å². The van der Waals surface area contributed by atoms with Crippen molar-refractivity contribution in [2.45, 2.75) is 25.9 Å². The van der Waals surface area contributed by atoms with E-state index in [0.717, 1.165) is 18.4 Å². The third kappa shape index (κ3) is 3.24. The lowest BCUT2D eigenvalue weighted by Gasteiger charge is -2.07. The molecule has 1 aromatic rings. The van der Waals surface area contributed by atoms with Gasteiger partial charge in [0.05, 0.1) is 6.10 Å². The second-order valence-electron chi connectivity index (χ2n) is 2.72. The summed E-state index contributed by atoms with van der Waals surface area (Å²) in [6.07, 6.45) is 1.60. The Balaban J connectivity index is 0.00000121. The number of aliphatic hydroxyl groups excluding tert-OH is 1. The lowest BCUT2D eigenvalue weighted by molar-refractivity contribution is 0.166. The van der Waals surface area contributed by atoms with Crippen molar-refractivity contribution in [2.24, 2.45) is 0 Å². The van der Waals surface area contributed by atoms with Crippen LogP contribution in [0.4, 0.5) is 0 Å². The van der Waals surface area contributed by atoms with Gasteiger partial charge in [0, 0.05) is 0 Å². The molecule has 0 fully saturated rings. The average Bonchev–Trinajstić information content (AvgIpc) is 2.07. The zero-order valence-corrected chi connectivity index (χ0v) is 8.05. The van der Waals surface area contributed by atoms with Crippen LogP contribution < -0.4 is 0 Å². The molecule has 0 saturated heterocycles. The maximum Gasteiger partial charge on any atom is 0.0790 e. The number of hydrogen-bond acceptors (Lipinski definition) is 1. The molecule has 0 amide bonds. The van der Waals surface area contributed by atoms with Crippen molar-refractivity contribution in [3.8, 4) is 0 Å². The average molecular weight is 187 g/mol. The molecule has 0 aromatic heterocycles. The highest BCUT2D eigenvalue weighted by molar-refractivity contribution is 5.85. The Morgan fingerprint density at radius 2 is 1.83 bits per heavy atom. The standard InChI is InChI=1S/C10H14O.ClH/c1-2-6-10(11)9-7-4-3-5-8-9;/h3-5,7-8,10-11H,2,6H2,1H3;1H. The van der Waals surface area contributed by atoms with E-state index in [1.165, 1.54) is 0 Å². The van der Waals surface area contributed by atoms with E-state index >= 15 is 0 Å². The molecule has 1 aromatic carbocycles. The van der Waals surface area contributed by atoms with Crippen molar-refractivity contribution < 1.29 is 5.11 Å². The van der Waals surface area contributed by atoms with Gasteiger partial charge in [-0.1, -0.05) is 43.7 Å². The molecule has 12 heavy (non-hydrogen) atoms. The van der Waals surface area contributed by atoms with E-state index in [2.05, 4.69) is 6.92 Å². The molecule has 0 saturated carbocycles. The third-order valence-corrected chi connectivity index (χ3v) is 1.75. The Labute approximate surface area is 79.8 Å². The van der Waals surface area contributed by atoms with Crippen molar-refractivity contribution in [1.82, 2.24) is 0 Å². The molecule has 68 valence electrons. The van der Waals surface area contributed by atoms with Crippen molar-refractivity contribution in [2.75, 3.05) is 0 Å². The Kier molecular flexibility index (Phi) is 5.77. The number of halogens is 1. The third-order valence-electron chi connectivity index (χ3n) is 1.75. The summed E-state index contributed by atoms with van der Waals surface area (Å²) in [5.41, 5.74) is 1.02. The van der Waals surface area contributed by atoms with Gasteiger partial charge in [0.2, 0.25) is 0 Å². The SMILES string of the molecule is CCCC(O)c1ccccc1.Cl. The van der Waals surface area contributed by atoms with Gasteiger partial charge in [-0.3, -0.25) is 0 Å². The van der Waals surface area contributed by atoms with Crippen LogP contribution in [-0.4, -0.2) is 5.11 Å². The lowest BCUT2D eigenvalue weighted by Crippen LogP contribution is -1.95. The van der Waals surface area contributed by atoms with Gasteiger partial charge in [0.25, 0.3) is 0 Å². The summed E-state index contributed by atoms with van der Waals surface area (Å²) in [5, 5.41) is 9.52. The molecule has 0 radical (unpaired) electrons. The van der Waals surface area contributed by atoms with E-state index in [4.69, 9.17) is 0 Å². The zero-order valence-electron chi connectivity index (χ0n) is 7.23. The van der Waals surface area contributed by atoms with Crippen LogP contribution in [0.2, 0.25) is 0 Å². The Morgan fingerprint density at radius 1 is 1.25 bits per heavy atom. The van der Waals surface area contributed by atoms with Gasteiger partial charge in [0.15, 0.2) is 0 Å². The lowest BCUT2D eigenvalue weighted by atomic mass is 10.1. The zero-order chi connectivity index (χ0) is 8.10. The molecular weight excluding hydrogens is 172 g/mol. The van der Waals surface area contributed by atoms with Gasteiger partial charge in [0.1, 0.15) is 0 Å². The van der Waals surface area contributed by atoms with Crippen LogP contribution >= 0.6 is 12.4 Å². The van der Waals surface area contributed by atoms with Gasteiger partial charge < -0.3 is 5.11 Å². The summed E-state index contributed by atoms with van der Waals surface area (Å²) in [6.45, 7) is 2.08. The van der Waals surface area contributed by atoms with E-state index in [0.29, 0.717) is 0 Å². The molecule has 2 heteroatoms. The minimum absolute atomic E-state index is 0. The maximum atomic E-state index is 9.52. The van der Waals surface area contributed by atoms with E-state index < -0.39 is 0 Å². The Bertz CT molecular complexity index is 198. The van der Waals surface area contributed by atoms with Crippen LogP contribution in [-0.2, 0) is 0 Å². The summed E-state index contributed by atoms with van der Waals surface area (Å²) < 4.78 is 0. The van der Waals surface area contributed by atoms with Gasteiger partial charge in [-0.25, -0.2) is 0 Å².